The SMILES string of the molecule is Cc1c(C(=O)Nc2ccc(OC(F)F)c(F)c2)nnn1C1CCNCC1. The van der Waals surface area contributed by atoms with E-state index in [0.717, 1.165) is 38.1 Å². The zero-order valence-electron chi connectivity index (χ0n) is 14.0. The van der Waals surface area contributed by atoms with Gasteiger partial charge in [-0.2, -0.15) is 8.78 Å². The number of aromatic nitrogens is 3. The van der Waals surface area contributed by atoms with Gasteiger partial charge in [-0.05, 0) is 45.0 Å². The minimum Gasteiger partial charge on any atom is -0.432 e. The lowest BCUT2D eigenvalue weighted by Gasteiger charge is -2.23. The van der Waals surface area contributed by atoms with Crippen LogP contribution in [0.1, 0.15) is 35.1 Å². The maximum atomic E-state index is 13.7. The second-order valence-corrected chi connectivity index (χ2v) is 5.93. The maximum Gasteiger partial charge on any atom is 0.387 e. The van der Waals surface area contributed by atoms with Crippen LogP contribution >= 0.6 is 0 Å². The Labute approximate surface area is 147 Å². The third-order valence-corrected chi connectivity index (χ3v) is 4.20. The van der Waals surface area contributed by atoms with Gasteiger partial charge >= 0.3 is 6.61 Å². The quantitative estimate of drug-likeness (QED) is 0.846. The Bertz CT molecular complexity index is 790. The molecule has 10 heteroatoms. The van der Waals surface area contributed by atoms with E-state index < -0.39 is 24.1 Å². The molecule has 1 aliphatic heterocycles. The zero-order chi connectivity index (χ0) is 18.7. The van der Waals surface area contributed by atoms with Crippen LogP contribution in [0.2, 0.25) is 0 Å². The van der Waals surface area contributed by atoms with Gasteiger partial charge in [0, 0.05) is 11.8 Å². The van der Waals surface area contributed by atoms with Crippen LogP contribution < -0.4 is 15.4 Å². The fourth-order valence-corrected chi connectivity index (χ4v) is 2.91. The second kappa shape index (κ2) is 7.73. The summed E-state index contributed by atoms with van der Waals surface area (Å²) in [6.45, 7) is 0.366. The number of amides is 1. The van der Waals surface area contributed by atoms with E-state index in [4.69, 9.17) is 0 Å². The van der Waals surface area contributed by atoms with Crippen LogP contribution in [-0.4, -0.2) is 40.6 Å². The van der Waals surface area contributed by atoms with Crippen LogP contribution in [0.4, 0.5) is 18.9 Å². The largest absolute Gasteiger partial charge is 0.432 e. The maximum absolute atomic E-state index is 13.7. The summed E-state index contributed by atoms with van der Waals surface area (Å²) in [6.07, 6.45) is 1.78. The van der Waals surface area contributed by atoms with Crippen LogP contribution in [0.5, 0.6) is 5.75 Å². The molecule has 2 N–H and O–H groups in total. The first-order chi connectivity index (χ1) is 12.5. The molecule has 2 heterocycles. The smallest absolute Gasteiger partial charge is 0.387 e. The van der Waals surface area contributed by atoms with Crippen molar-refractivity contribution in [1.29, 1.82) is 0 Å². The molecule has 1 aromatic heterocycles. The molecule has 0 saturated carbocycles. The van der Waals surface area contributed by atoms with Gasteiger partial charge in [-0.25, -0.2) is 9.07 Å². The van der Waals surface area contributed by atoms with Gasteiger partial charge in [-0.1, -0.05) is 5.21 Å². The Hall–Kier alpha value is -2.62. The Balaban J connectivity index is 1.72. The Kier molecular flexibility index (Phi) is 5.40. The summed E-state index contributed by atoms with van der Waals surface area (Å²) < 4.78 is 43.8. The average molecular weight is 369 g/mol. The van der Waals surface area contributed by atoms with Crippen molar-refractivity contribution in [2.45, 2.75) is 32.4 Å². The van der Waals surface area contributed by atoms with Gasteiger partial charge in [-0.3, -0.25) is 4.79 Å². The van der Waals surface area contributed by atoms with Crippen molar-refractivity contribution in [2.24, 2.45) is 0 Å². The fraction of sp³-hybridized carbons (Fsp3) is 0.438. The minimum atomic E-state index is -3.13. The number of anilines is 1. The number of alkyl halides is 2. The van der Waals surface area contributed by atoms with E-state index in [1.165, 1.54) is 6.07 Å². The molecule has 26 heavy (non-hydrogen) atoms. The van der Waals surface area contributed by atoms with Crippen LogP contribution in [0.3, 0.4) is 0 Å². The number of ether oxygens (including phenoxy) is 1. The summed E-state index contributed by atoms with van der Waals surface area (Å²) >= 11 is 0. The second-order valence-electron chi connectivity index (χ2n) is 5.93. The first-order valence-electron chi connectivity index (χ1n) is 8.14. The number of nitrogens with one attached hydrogen (secondary N) is 2. The Morgan fingerprint density at radius 3 is 2.77 bits per heavy atom. The molecule has 1 amide bonds. The van der Waals surface area contributed by atoms with E-state index in [1.807, 2.05) is 0 Å². The molecule has 0 aliphatic carbocycles. The van der Waals surface area contributed by atoms with Gasteiger partial charge in [0.2, 0.25) is 0 Å². The van der Waals surface area contributed by atoms with Crippen LogP contribution in [0.15, 0.2) is 18.2 Å². The molecule has 0 bridgehead atoms. The Morgan fingerprint density at radius 2 is 2.12 bits per heavy atom. The fourth-order valence-electron chi connectivity index (χ4n) is 2.91. The standard InChI is InChI=1S/C16H18F3N5O2/c1-9-14(22-23-24(9)11-4-6-20-7-5-11)15(25)21-10-2-3-13(12(17)8-10)26-16(18)19/h2-3,8,11,16,20H,4-7H2,1H3,(H,21,25). The summed E-state index contributed by atoms with van der Waals surface area (Å²) in [4.78, 5) is 12.4. The van der Waals surface area contributed by atoms with E-state index >= 15 is 0 Å². The van der Waals surface area contributed by atoms with E-state index in [9.17, 15) is 18.0 Å². The summed E-state index contributed by atoms with van der Waals surface area (Å²) in [5.74, 6) is -2.14. The number of carbonyl (C=O) groups is 1. The number of benzene rings is 1. The number of rotatable bonds is 5. The highest BCUT2D eigenvalue weighted by atomic mass is 19.3. The molecule has 1 aliphatic rings. The molecular formula is C16H18F3N5O2. The number of nitrogens with zero attached hydrogens (tertiary/aromatic N) is 3. The van der Waals surface area contributed by atoms with Crippen LogP contribution in [-0.2, 0) is 0 Å². The van der Waals surface area contributed by atoms with Crippen molar-refractivity contribution in [1.82, 2.24) is 20.3 Å². The molecule has 0 radical (unpaired) electrons. The summed E-state index contributed by atoms with van der Waals surface area (Å²) in [7, 11) is 0. The van der Waals surface area contributed by atoms with E-state index in [1.54, 1.807) is 11.6 Å². The number of hydrogen-bond acceptors (Lipinski definition) is 5. The van der Waals surface area contributed by atoms with Crippen molar-refractivity contribution in [3.8, 4) is 5.75 Å². The third kappa shape index (κ3) is 3.96. The predicted octanol–water partition coefficient (Wildman–Crippen LogP) is 2.50. The zero-order valence-corrected chi connectivity index (χ0v) is 14.0. The average Bonchev–Trinajstić information content (AvgIpc) is 2.99. The molecule has 140 valence electrons. The molecule has 1 aromatic carbocycles. The molecule has 0 atom stereocenters. The topological polar surface area (TPSA) is 81.1 Å². The van der Waals surface area contributed by atoms with Crippen molar-refractivity contribution in [3.05, 3.63) is 35.4 Å². The van der Waals surface area contributed by atoms with Crippen molar-refractivity contribution in [3.63, 3.8) is 0 Å². The molecule has 0 spiro atoms. The first kappa shape index (κ1) is 18.2. The highest BCUT2D eigenvalue weighted by molar-refractivity contribution is 6.03. The lowest BCUT2D eigenvalue weighted by atomic mass is 10.1. The Morgan fingerprint density at radius 1 is 1.38 bits per heavy atom. The monoisotopic (exact) mass is 369 g/mol. The normalized spacial score (nSPS) is 15.3. The number of halogens is 3. The number of piperidine rings is 1. The molecule has 7 nitrogen and oxygen atoms in total. The molecule has 2 aromatic rings. The minimum absolute atomic E-state index is 0.102. The summed E-state index contributed by atoms with van der Waals surface area (Å²) in [5, 5.41) is 13.7. The highest BCUT2D eigenvalue weighted by Gasteiger charge is 2.23. The van der Waals surface area contributed by atoms with Crippen molar-refractivity contribution >= 4 is 11.6 Å². The van der Waals surface area contributed by atoms with Crippen molar-refractivity contribution in [2.75, 3.05) is 18.4 Å². The van der Waals surface area contributed by atoms with Crippen LogP contribution in [0, 0.1) is 12.7 Å². The summed E-state index contributed by atoms with van der Waals surface area (Å²) in [5.41, 5.74) is 0.856. The van der Waals surface area contributed by atoms with Crippen LogP contribution in [0.25, 0.3) is 0 Å². The molecular weight excluding hydrogens is 351 g/mol. The van der Waals surface area contributed by atoms with E-state index in [-0.39, 0.29) is 17.4 Å². The van der Waals surface area contributed by atoms with Gasteiger partial charge in [0.05, 0.1) is 11.7 Å². The van der Waals surface area contributed by atoms with Gasteiger partial charge in [0.15, 0.2) is 17.3 Å². The molecule has 3 rings (SSSR count). The molecule has 1 fully saturated rings. The highest BCUT2D eigenvalue weighted by Crippen LogP contribution is 2.24. The third-order valence-electron chi connectivity index (χ3n) is 4.20. The van der Waals surface area contributed by atoms with Gasteiger partial charge < -0.3 is 15.4 Å². The summed E-state index contributed by atoms with van der Waals surface area (Å²) in [6, 6.07) is 3.37. The first-order valence-corrected chi connectivity index (χ1v) is 8.14. The lowest BCUT2D eigenvalue weighted by Crippen LogP contribution is -2.30. The van der Waals surface area contributed by atoms with Crippen molar-refractivity contribution < 1.29 is 22.7 Å². The molecule has 1 saturated heterocycles. The van der Waals surface area contributed by atoms with E-state index in [2.05, 4.69) is 25.7 Å². The number of hydrogen-bond donors (Lipinski definition) is 2. The van der Waals surface area contributed by atoms with E-state index in [0.29, 0.717) is 5.69 Å². The van der Waals surface area contributed by atoms with Gasteiger partial charge in [-0.15, -0.1) is 5.10 Å². The predicted molar refractivity (Wildman–Crippen MR) is 86.9 cm³/mol. The lowest BCUT2D eigenvalue weighted by molar-refractivity contribution is -0.0521. The van der Waals surface area contributed by atoms with Gasteiger partial charge in [0.1, 0.15) is 0 Å². The van der Waals surface area contributed by atoms with Gasteiger partial charge in [0.25, 0.3) is 5.91 Å². The number of carbonyl (C=O) groups excluding carboxylic acids is 1. The molecule has 0 unspecified atom stereocenters.